The van der Waals surface area contributed by atoms with Crippen LogP contribution >= 0.6 is 11.6 Å². The Kier molecular flexibility index (Phi) is 3.43. The molecular formula is C12H9ClN2O3. The number of halogens is 1. The summed E-state index contributed by atoms with van der Waals surface area (Å²) in [6, 6.07) is 6.18. The molecule has 0 radical (unpaired) electrons. The van der Waals surface area contributed by atoms with Crippen molar-refractivity contribution in [2.24, 2.45) is 0 Å². The molecule has 2 rings (SSSR count). The van der Waals surface area contributed by atoms with E-state index in [0.717, 1.165) is 0 Å². The van der Waals surface area contributed by atoms with Gasteiger partial charge in [0.2, 0.25) is 0 Å². The fourth-order valence-corrected chi connectivity index (χ4v) is 1.52. The number of carbonyl (C=O) groups excluding carboxylic acids is 1. The highest BCUT2D eigenvalue weighted by molar-refractivity contribution is 6.32. The van der Waals surface area contributed by atoms with Gasteiger partial charge in [0.05, 0.1) is 17.8 Å². The van der Waals surface area contributed by atoms with Gasteiger partial charge in [-0.05, 0) is 18.2 Å². The standard InChI is InChI=1S/C12H9ClN2O3/c1-18-12(17)10-5-9(14-6-15-10)7-2-3-8(13)11(16)4-7/h2-6,16H,1H3. The summed E-state index contributed by atoms with van der Waals surface area (Å²) in [6.45, 7) is 0. The van der Waals surface area contributed by atoms with Crippen LogP contribution in [0.3, 0.4) is 0 Å². The van der Waals surface area contributed by atoms with Crippen molar-refractivity contribution in [3.63, 3.8) is 0 Å². The first-order chi connectivity index (χ1) is 8.61. The number of methoxy groups -OCH3 is 1. The lowest BCUT2D eigenvalue weighted by atomic mass is 10.1. The van der Waals surface area contributed by atoms with Gasteiger partial charge in [0.1, 0.15) is 12.1 Å². The van der Waals surface area contributed by atoms with E-state index in [1.165, 1.54) is 25.6 Å². The highest BCUT2D eigenvalue weighted by Gasteiger charge is 2.10. The molecule has 5 nitrogen and oxygen atoms in total. The maximum absolute atomic E-state index is 11.3. The molecule has 0 bridgehead atoms. The van der Waals surface area contributed by atoms with Crippen LogP contribution in [0.25, 0.3) is 11.3 Å². The molecule has 0 aliphatic carbocycles. The quantitative estimate of drug-likeness (QED) is 0.843. The second-order valence-corrected chi connectivity index (χ2v) is 3.85. The smallest absolute Gasteiger partial charge is 0.356 e. The number of hydrogen-bond donors (Lipinski definition) is 1. The third-order valence-corrected chi connectivity index (χ3v) is 2.62. The average molecular weight is 265 g/mol. The maximum atomic E-state index is 11.3. The molecule has 1 aromatic heterocycles. The van der Waals surface area contributed by atoms with E-state index in [1.54, 1.807) is 12.1 Å². The maximum Gasteiger partial charge on any atom is 0.356 e. The summed E-state index contributed by atoms with van der Waals surface area (Å²) in [5.41, 5.74) is 1.28. The number of ether oxygens (including phenoxy) is 1. The van der Waals surface area contributed by atoms with Crippen molar-refractivity contribution in [1.29, 1.82) is 0 Å². The van der Waals surface area contributed by atoms with Crippen LogP contribution in [-0.2, 0) is 4.74 Å². The minimum atomic E-state index is -0.545. The molecule has 1 heterocycles. The van der Waals surface area contributed by atoms with Gasteiger partial charge in [0, 0.05) is 5.56 Å². The van der Waals surface area contributed by atoms with Crippen molar-refractivity contribution in [3.05, 3.63) is 41.3 Å². The molecule has 18 heavy (non-hydrogen) atoms. The van der Waals surface area contributed by atoms with Crippen LogP contribution in [0, 0.1) is 0 Å². The fourth-order valence-electron chi connectivity index (χ4n) is 1.40. The largest absolute Gasteiger partial charge is 0.506 e. The second-order valence-electron chi connectivity index (χ2n) is 3.45. The van der Waals surface area contributed by atoms with Crippen LogP contribution in [0.2, 0.25) is 5.02 Å². The van der Waals surface area contributed by atoms with Crippen LogP contribution in [0.5, 0.6) is 5.75 Å². The van der Waals surface area contributed by atoms with E-state index in [9.17, 15) is 9.90 Å². The first-order valence-corrected chi connectivity index (χ1v) is 5.39. The highest BCUT2D eigenvalue weighted by atomic mass is 35.5. The minimum absolute atomic E-state index is 0.0487. The summed E-state index contributed by atoms with van der Waals surface area (Å²) in [5, 5.41) is 9.77. The molecule has 6 heteroatoms. The number of esters is 1. The van der Waals surface area contributed by atoms with Crippen molar-refractivity contribution in [3.8, 4) is 17.0 Å². The van der Waals surface area contributed by atoms with Crippen molar-refractivity contribution < 1.29 is 14.6 Å². The number of aromatic hydroxyl groups is 1. The third-order valence-electron chi connectivity index (χ3n) is 2.30. The third kappa shape index (κ3) is 2.41. The molecular weight excluding hydrogens is 256 g/mol. The second kappa shape index (κ2) is 5.01. The molecule has 0 amide bonds. The molecule has 0 unspecified atom stereocenters. The van der Waals surface area contributed by atoms with E-state index in [4.69, 9.17) is 11.6 Å². The van der Waals surface area contributed by atoms with Gasteiger partial charge >= 0.3 is 5.97 Å². The van der Waals surface area contributed by atoms with E-state index in [0.29, 0.717) is 11.3 Å². The lowest BCUT2D eigenvalue weighted by Gasteiger charge is -2.04. The fraction of sp³-hybridized carbons (Fsp3) is 0.0833. The zero-order valence-electron chi connectivity index (χ0n) is 9.42. The van der Waals surface area contributed by atoms with E-state index >= 15 is 0 Å². The minimum Gasteiger partial charge on any atom is -0.506 e. The SMILES string of the molecule is COC(=O)c1cc(-c2ccc(Cl)c(O)c2)ncn1. The molecule has 0 atom stereocenters. The number of rotatable bonds is 2. The normalized spacial score (nSPS) is 10.1. The first-order valence-electron chi connectivity index (χ1n) is 5.01. The molecule has 0 spiro atoms. The van der Waals surface area contributed by atoms with Gasteiger partial charge < -0.3 is 9.84 Å². The van der Waals surface area contributed by atoms with Gasteiger partial charge in [0.25, 0.3) is 0 Å². The number of phenolic OH excluding ortho intramolecular Hbond substituents is 1. The Morgan fingerprint density at radius 2 is 2.11 bits per heavy atom. The van der Waals surface area contributed by atoms with E-state index < -0.39 is 5.97 Å². The molecule has 0 aliphatic heterocycles. The number of phenols is 1. The lowest BCUT2D eigenvalue weighted by Crippen LogP contribution is -2.04. The molecule has 0 aliphatic rings. The Morgan fingerprint density at radius 3 is 2.78 bits per heavy atom. The summed E-state index contributed by atoms with van der Waals surface area (Å²) >= 11 is 5.72. The molecule has 92 valence electrons. The van der Waals surface area contributed by atoms with E-state index in [1.807, 2.05) is 0 Å². The number of hydrogen-bond acceptors (Lipinski definition) is 5. The Labute approximate surface area is 108 Å². The highest BCUT2D eigenvalue weighted by Crippen LogP contribution is 2.28. The predicted molar refractivity (Wildman–Crippen MR) is 65.5 cm³/mol. The molecule has 0 saturated heterocycles. The Bertz CT molecular complexity index is 602. The van der Waals surface area contributed by atoms with Crippen LogP contribution in [-0.4, -0.2) is 28.2 Å². The summed E-state index contributed by atoms with van der Waals surface area (Å²) in [4.78, 5) is 19.2. The van der Waals surface area contributed by atoms with Crippen LogP contribution in [0.15, 0.2) is 30.6 Å². The van der Waals surface area contributed by atoms with Gasteiger partial charge in [-0.2, -0.15) is 0 Å². The summed E-state index contributed by atoms with van der Waals surface area (Å²) in [6.07, 6.45) is 1.26. The van der Waals surface area contributed by atoms with Gasteiger partial charge in [0.15, 0.2) is 5.69 Å². The first kappa shape index (κ1) is 12.3. The van der Waals surface area contributed by atoms with Gasteiger partial charge in [-0.1, -0.05) is 17.7 Å². The molecule has 0 saturated carbocycles. The van der Waals surface area contributed by atoms with Crippen LogP contribution < -0.4 is 0 Å². The summed E-state index contributed by atoms with van der Waals surface area (Å²) in [7, 11) is 1.28. The topological polar surface area (TPSA) is 72.3 Å². The Hall–Kier alpha value is -2.14. The monoisotopic (exact) mass is 264 g/mol. The average Bonchev–Trinajstić information content (AvgIpc) is 2.41. The van der Waals surface area contributed by atoms with Crippen molar-refractivity contribution >= 4 is 17.6 Å². The van der Waals surface area contributed by atoms with Gasteiger partial charge in [-0.15, -0.1) is 0 Å². The van der Waals surface area contributed by atoms with Gasteiger partial charge in [-0.3, -0.25) is 0 Å². The number of aromatic nitrogens is 2. The van der Waals surface area contributed by atoms with E-state index in [2.05, 4.69) is 14.7 Å². The summed E-state index contributed by atoms with van der Waals surface area (Å²) < 4.78 is 4.57. The number of nitrogens with zero attached hydrogens (tertiary/aromatic N) is 2. The van der Waals surface area contributed by atoms with E-state index in [-0.39, 0.29) is 16.5 Å². The predicted octanol–water partition coefficient (Wildman–Crippen LogP) is 2.29. The van der Waals surface area contributed by atoms with Crippen molar-refractivity contribution in [2.75, 3.05) is 7.11 Å². The lowest BCUT2D eigenvalue weighted by molar-refractivity contribution is 0.0594. The molecule has 0 fully saturated rings. The summed E-state index contributed by atoms with van der Waals surface area (Å²) in [5.74, 6) is -0.593. The molecule has 1 N–H and O–H groups in total. The van der Waals surface area contributed by atoms with Crippen molar-refractivity contribution in [1.82, 2.24) is 9.97 Å². The number of benzene rings is 1. The number of carbonyl (C=O) groups is 1. The zero-order valence-corrected chi connectivity index (χ0v) is 10.2. The zero-order chi connectivity index (χ0) is 13.1. The Balaban J connectivity index is 2.44. The molecule has 1 aromatic carbocycles. The van der Waals surface area contributed by atoms with Gasteiger partial charge in [-0.25, -0.2) is 14.8 Å². The van der Waals surface area contributed by atoms with Crippen LogP contribution in [0.4, 0.5) is 0 Å². The molecule has 2 aromatic rings. The van der Waals surface area contributed by atoms with Crippen molar-refractivity contribution in [2.45, 2.75) is 0 Å². The van der Waals surface area contributed by atoms with Crippen LogP contribution in [0.1, 0.15) is 10.5 Å². The Morgan fingerprint density at radius 1 is 1.33 bits per heavy atom.